The third-order valence-corrected chi connectivity index (χ3v) is 4.58. The minimum atomic E-state index is 0. The van der Waals surface area contributed by atoms with Crippen LogP contribution in [0.4, 0.5) is 0 Å². The fourth-order valence-electron chi connectivity index (χ4n) is 2.61. The number of hydrogen-bond acceptors (Lipinski definition) is 3. The van der Waals surface area contributed by atoms with E-state index in [0.717, 1.165) is 23.3 Å². The van der Waals surface area contributed by atoms with Gasteiger partial charge in [-0.25, -0.2) is 0 Å². The molecule has 1 aromatic heterocycles. The standard InChI is InChI=1S/C12H21BrN4.ClH/c1-9-12(13)11(16(3)15-9)8-17-6-4-5-10(17)7-14-2;/h10,14H,4-8H2,1-3H3;1H. The van der Waals surface area contributed by atoms with Crippen molar-refractivity contribution in [2.45, 2.75) is 32.4 Å². The lowest BCUT2D eigenvalue weighted by Gasteiger charge is -2.24. The Morgan fingerprint density at radius 1 is 1.50 bits per heavy atom. The van der Waals surface area contributed by atoms with Crippen molar-refractivity contribution >= 4 is 28.3 Å². The summed E-state index contributed by atoms with van der Waals surface area (Å²) in [4.78, 5) is 2.55. The first kappa shape index (κ1) is 16.0. The Kier molecular flexibility index (Phi) is 6.11. The number of hydrogen-bond donors (Lipinski definition) is 1. The van der Waals surface area contributed by atoms with Crippen LogP contribution in [-0.2, 0) is 13.6 Å². The van der Waals surface area contributed by atoms with Crippen LogP contribution in [0, 0.1) is 6.92 Å². The zero-order chi connectivity index (χ0) is 12.4. The van der Waals surface area contributed by atoms with Gasteiger partial charge >= 0.3 is 0 Å². The van der Waals surface area contributed by atoms with Crippen LogP contribution >= 0.6 is 28.3 Å². The summed E-state index contributed by atoms with van der Waals surface area (Å²) in [6.07, 6.45) is 2.61. The highest BCUT2D eigenvalue weighted by Crippen LogP contribution is 2.25. The molecule has 0 radical (unpaired) electrons. The van der Waals surface area contributed by atoms with E-state index in [0.29, 0.717) is 6.04 Å². The van der Waals surface area contributed by atoms with Crippen LogP contribution in [0.1, 0.15) is 24.2 Å². The van der Waals surface area contributed by atoms with Gasteiger partial charge in [-0.05, 0) is 49.3 Å². The van der Waals surface area contributed by atoms with E-state index < -0.39 is 0 Å². The molecular weight excluding hydrogens is 316 g/mol. The van der Waals surface area contributed by atoms with Crippen molar-refractivity contribution in [2.24, 2.45) is 7.05 Å². The SMILES string of the molecule is CNCC1CCCN1Cc1c(Br)c(C)nn1C.Cl. The van der Waals surface area contributed by atoms with Crippen LogP contribution in [-0.4, -0.2) is 40.9 Å². The van der Waals surface area contributed by atoms with Crippen LogP contribution in [0.3, 0.4) is 0 Å². The molecule has 2 rings (SSSR count). The van der Waals surface area contributed by atoms with Gasteiger partial charge in [0.1, 0.15) is 0 Å². The maximum atomic E-state index is 4.45. The maximum absolute atomic E-state index is 4.45. The van der Waals surface area contributed by atoms with E-state index >= 15 is 0 Å². The predicted octanol–water partition coefficient (Wildman–Crippen LogP) is 2.10. The molecule has 0 aliphatic carbocycles. The third kappa shape index (κ3) is 3.26. The maximum Gasteiger partial charge on any atom is 0.0739 e. The first-order chi connectivity index (χ1) is 8.13. The van der Waals surface area contributed by atoms with E-state index in [-0.39, 0.29) is 12.4 Å². The Morgan fingerprint density at radius 2 is 2.22 bits per heavy atom. The van der Waals surface area contributed by atoms with Crippen LogP contribution in [0.25, 0.3) is 0 Å². The molecule has 0 spiro atoms. The van der Waals surface area contributed by atoms with Gasteiger partial charge in [0.05, 0.1) is 15.9 Å². The number of likely N-dealkylation sites (N-methyl/N-ethyl adjacent to an activating group) is 1. The zero-order valence-corrected chi connectivity index (χ0v) is 13.6. The Morgan fingerprint density at radius 3 is 2.78 bits per heavy atom. The second kappa shape index (κ2) is 6.89. The van der Waals surface area contributed by atoms with Crippen molar-refractivity contribution in [3.8, 4) is 0 Å². The summed E-state index contributed by atoms with van der Waals surface area (Å²) in [7, 11) is 4.05. The highest BCUT2D eigenvalue weighted by atomic mass is 79.9. The van der Waals surface area contributed by atoms with Crippen molar-refractivity contribution in [2.75, 3.05) is 20.1 Å². The van der Waals surface area contributed by atoms with Gasteiger partial charge in [-0.1, -0.05) is 0 Å². The van der Waals surface area contributed by atoms with E-state index in [1.165, 1.54) is 25.1 Å². The summed E-state index contributed by atoms with van der Waals surface area (Å²) >= 11 is 3.64. The lowest BCUT2D eigenvalue weighted by molar-refractivity contribution is 0.236. The Labute approximate surface area is 124 Å². The van der Waals surface area contributed by atoms with Gasteiger partial charge in [0.15, 0.2) is 0 Å². The molecule has 2 heterocycles. The first-order valence-electron chi connectivity index (χ1n) is 6.20. The molecule has 0 aromatic carbocycles. The Bertz CT molecular complexity index is 394. The predicted molar refractivity (Wildman–Crippen MR) is 80.3 cm³/mol. The second-order valence-corrected chi connectivity index (χ2v) is 5.59. The van der Waals surface area contributed by atoms with Crippen LogP contribution in [0.2, 0.25) is 0 Å². The Hall–Kier alpha value is -0.100. The molecule has 1 aliphatic rings. The number of rotatable bonds is 4. The van der Waals surface area contributed by atoms with E-state index in [9.17, 15) is 0 Å². The van der Waals surface area contributed by atoms with Gasteiger partial charge in [0, 0.05) is 26.2 Å². The van der Waals surface area contributed by atoms with Crippen LogP contribution in [0.15, 0.2) is 4.47 Å². The van der Waals surface area contributed by atoms with Gasteiger partial charge < -0.3 is 5.32 Å². The van der Waals surface area contributed by atoms with Crippen LogP contribution in [0.5, 0.6) is 0 Å². The van der Waals surface area contributed by atoms with Crippen molar-refractivity contribution in [1.82, 2.24) is 20.0 Å². The zero-order valence-electron chi connectivity index (χ0n) is 11.2. The number of aromatic nitrogens is 2. The number of nitrogens with one attached hydrogen (secondary N) is 1. The first-order valence-corrected chi connectivity index (χ1v) is 6.99. The van der Waals surface area contributed by atoms with E-state index in [1.807, 2.05) is 25.7 Å². The summed E-state index contributed by atoms with van der Waals surface area (Å²) in [5.41, 5.74) is 2.36. The molecule has 6 heteroatoms. The summed E-state index contributed by atoms with van der Waals surface area (Å²) in [5.74, 6) is 0. The number of likely N-dealkylation sites (tertiary alicyclic amines) is 1. The molecule has 0 amide bonds. The molecule has 0 bridgehead atoms. The average molecular weight is 338 g/mol. The molecule has 1 atom stereocenters. The van der Waals surface area contributed by atoms with Gasteiger partial charge in [-0.2, -0.15) is 5.10 Å². The van der Waals surface area contributed by atoms with Crippen molar-refractivity contribution < 1.29 is 0 Å². The number of halogens is 2. The highest BCUT2D eigenvalue weighted by molar-refractivity contribution is 9.10. The summed E-state index contributed by atoms with van der Waals surface area (Å²) in [5, 5.41) is 7.74. The molecule has 1 saturated heterocycles. The molecule has 1 unspecified atom stereocenters. The third-order valence-electron chi connectivity index (χ3n) is 3.55. The monoisotopic (exact) mass is 336 g/mol. The largest absolute Gasteiger partial charge is 0.318 e. The molecule has 1 aliphatic heterocycles. The lowest BCUT2D eigenvalue weighted by atomic mass is 10.2. The summed E-state index contributed by atoms with van der Waals surface area (Å²) < 4.78 is 3.16. The van der Waals surface area contributed by atoms with E-state index in [4.69, 9.17) is 0 Å². The number of nitrogens with zero attached hydrogens (tertiary/aromatic N) is 3. The molecule has 4 nitrogen and oxygen atoms in total. The molecule has 18 heavy (non-hydrogen) atoms. The fourth-order valence-corrected chi connectivity index (χ4v) is 3.08. The van der Waals surface area contributed by atoms with Crippen molar-refractivity contribution in [3.63, 3.8) is 0 Å². The lowest BCUT2D eigenvalue weighted by Crippen LogP contribution is -2.36. The molecular formula is C12H22BrClN4. The summed E-state index contributed by atoms with van der Waals surface area (Å²) in [6.45, 7) is 5.31. The van der Waals surface area contributed by atoms with Crippen molar-refractivity contribution in [1.29, 1.82) is 0 Å². The fraction of sp³-hybridized carbons (Fsp3) is 0.750. The molecule has 1 N–H and O–H groups in total. The van der Waals surface area contributed by atoms with E-state index in [2.05, 4.69) is 31.2 Å². The van der Waals surface area contributed by atoms with Gasteiger partial charge in [-0.15, -0.1) is 12.4 Å². The minimum Gasteiger partial charge on any atom is -0.318 e. The normalized spacial score (nSPS) is 20.1. The highest BCUT2D eigenvalue weighted by Gasteiger charge is 2.25. The minimum absolute atomic E-state index is 0. The Balaban J connectivity index is 0.00000162. The van der Waals surface area contributed by atoms with Gasteiger partial charge in [0.25, 0.3) is 0 Å². The van der Waals surface area contributed by atoms with Gasteiger partial charge in [0.2, 0.25) is 0 Å². The van der Waals surface area contributed by atoms with Crippen molar-refractivity contribution in [3.05, 3.63) is 15.9 Å². The molecule has 0 saturated carbocycles. The molecule has 1 fully saturated rings. The smallest absolute Gasteiger partial charge is 0.0739 e. The van der Waals surface area contributed by atoms with Crippen LogP contribution < -0.4 is 5.32 Å². The topological polar surface area (TPSA) is 33.1 Å². The number of aryl methyl sites for hydroxylation is 2. The summed E-state index contributed by atoms with van der Waals surface area (Å²) in [6, 6.07) is 0.669. The average Bonchev–Trinajstić information content (AvgIpc) is 2.81. The van der Waals surface area contributed by atoms with Gasteiger partial charge in [-0.3, -0.25) is 9.58 Å². The second-order valence-electron chi connectivity index (χ2n) is 4.79. The molecule has 1 aromatic rings. The quantitative estimate of drug-likeness (QED) is 0.913. The van der Waals surface area contributed by atoms with E-state index in [1.54, 1.807) is 0 Å². The molecule has 104 valence electrons.